The van der Waals surface area contributed by atoms with Gasteiger partial charge in [-0.05, 0) is 13.3 Å². The lowest BCUT2D eigenvalue weighted by Gasteiger charge is -2.04. The van der Waals surface area contributed by atoms with Gasteiger partial charge in [0, 0.05) is 5.25 Å². The Bertz CT molecular complexity index is 101. The number of hydrazone groups is 1. The van der Waals surface area contributed by atoms with Gasteiger partial charge in [-0.15, -0.1) is 11.8 Å². The van der Waals surface area contributed by atoms with E-state index in [-0.39, 0.29) is 0 Å². The molecule has 1 unspecified atom stereocenters. The quantitative estimate of drug-likeness (QED) is 0.279. The van der Waals surface area contributed by atoms with Crippen molar-refractivity contribution < 1.29 is 0 Å². The molecule has 0 aliphatic carbocycles. The Morgan fingerprint density at radius 3 is 2.67 bits per heavy atom. The molecular weight excluding hydrogens is 132 g/mol. The molecule has 0 aromatic heterocycles. The van der Waals surface area contributed by atoms with Crippen LogP contribution in [0.2, 0.25) is 0 Å². The predicted molar refractivity (Wildman–Crippen MR) is 44.6 cm³/mol. The number of hydrogen-bond acceptors (Lipinski definition) is 3. The van der Waals surface area contributed by atoms with Crippen molar-refractivity contribution in [2.24, 2.45) is 10.9 Å². The van der Waals surface area contributed by atoms with Crippen LogP contribution in [0.1, 0.15) is 27.2 Å². The van der Waals surface area contributed by atoms with E-state index in [1.165, 1.54) is 0 Å². The van der Waals surface area contributed by atoms with Gasteiger partial charge in [0.2, 0.25) is 0 Å². The van der Waals surface area contributed by atoms with Crippen molar-refractivity contribution in [3.63, 3.8) is 0 Å². The van der Waals surface area contributed by atoms with E-state index in [0.717, 1.165) is 11.5 Å². The zero-order valence-electron chi connectivity index (χ0n) is 6.22. The Morgan fingerprint density at radius 1 is 1.78 bits per heavy atom. The predicted octanol–water partition coefficient (Wildman–Crippen LogP) is 1.81. The fourth-order valence-corrected chi connectivity index (χ4v) is 1.21. The van der Waals surface area contributed by atoms with Crippen LogP contribution in [0.25, 0.3) is 0 Å². The van der Waals surface area contributed by atoms with Crippen molar-refractivity contribution in [1.29, 1.82) is 0 Å². The van der Waals surface area contributed by atoms with Gasteiger partial charge in [-0.3, -0.25) is 0 Å². The average molecular weight is 146 g/mol. The summed E-state index contributed by atoms with van der Waals surface area (Å²) in [7, 11) is 0. The Kier molecular flexibility index (Phi) is 4.58. The molecular formula is C6H14N2S. The zero-order chi connectivity index (χ0) is 7.28. The summed E-state index contributed by atoms with van der Waals surface area (Å²) in [5.74, 6) is 5.04. The lowest BCUT2D eigenvalue weighted by Crippen LogP contribution is -1.99. The fraction of sp³-hybridized carbons (Fsp3) is 0.833. The van der Waals surface area contributed by atoms with Crippen LogP contribution in [0.4, 0.5) is 0 Å². The molecule has 0 spiro atoms. The molecule has 0 rings (SSSR count). The largest absolute Gasteiger partial charge is 0.323 e. The summed E-state index contributed by atoms with van der Waals surface area (Å²) < 4.78 is 0. The molecule has 1 atom stereocenters. The summed E-state index contributed by atoms with van der Waals surface area (Å²) in [6.45, 7) is 6.25. The van der Waals surface area contributed by atoms with E-state index in [1.54, 1.807) is 11.8 Å². The van der Waals surface area contributed by atoms with Crippen molar-refractivity contribution in [1.82, 2.24) is 0 Å². The average Bonchev–Trinajstić information content (AvgIpc) is 1.87. The molecule has 0 radical (unpaired) electrons. The minimum absolute atomic E-state index is 0.636. The van der Waals surface area contributed by atoms with Gasteiger partial charge in [0.15, 0.2) is 0 Å². The van der Waals surface area contributed by atoms with Crippen molar-refractivity contribution in [3.8, 4) is 0 Å². The van der Waals surface area contributed by atoms with E-state index in [1.807, 2.05) is 6.92 Å². The first kappa shape index (κ1) is 8.82. The zero-order valence-corrected chi connectivity index (χ0v) is 7.03. The van der Waals surface area contributed by atoms with Crippen molar-refractivity contribution in [2.45, 2.75) is 32.4 Å². The maximum absolute atomic E-state index is 5.04. The molecule has 0 aromatic rings. The van der Waals surface area contributed by atoms with Crippen LogP contribution in [0.5, 0.6) is 0 Å². The Balaban J connectivity index is 3.47. The third-order valence-corrected chi connectivity index (χ3v) is 2.31. The number of rotatable bonds is 2. The van der Waals surface area contributed by atoms with Gasteiger partial charge in [-0.1, -0.05) is 13.8 Å². The third kappa shape index (κ3) is 4.33. The van der Waals surface area contributed by atoms with Gasteiger partial charge in [0.1, 0.15) is 0 Å². The van der Waals surface area contributed by atoms with E-state index in [2.05, 4.69) is 18.9 Å². The van der Waals surface area contributed by atoms with Gasteiger partial charge < -0.3 is 5.84 Å². The van der Waals surface area contributed by atoms with Crippen molar-refractivity contribution in [3.05, 3.63) is 0 Å². The monoisotopic (exact) mass is 146 g/mol. The number of nitrogens with two attached hydrogens (primary N) is 1. The topological polar surface area (TPSA) is 38.4 Å². The molecule has 0 fully saturated rings. The molecule has 0 saturated carbocycles. The van der Waals surface area contributed by atoms with E-state index in [0.29, 0.717) is 5.25 Å². The van der Waals surface area contributed by atoms with Gasteiger partial charge in [0.05, 0.1) is 5.04 Å². The van der Waals surface area contributed by atoms with Gasteiger partial charge in [-0.2, -0.15) is 5.10 Å². The van der Waals surface area contributed by atoms with Gasteiger partial charge in [-0.25, -0.2) is 0 Å². The summed E-state index contributed by atoms with van der Waals surface area (Å²) in [4.78, 5) is 0. The van der Waals surface area contributed by atoms with Crippen LogP contribution in [-0.2, 0) is 0 Å². The molecule has 0 heterocycles. The second kappa shape index (κ2) is 4.68. The Morgan fingerprint density at radius 2 is 2.33 bits per heavy atom. The van der Waals surface area contributed by atoms with E-state index in [4.69, 9.17) is 5.84 Å². The molecule has 3 heteroatoms. The highest BCUT2D eigenvalue weighted by Gasteiger charge is 1.99. The summed E-state index contributed by atoms with van der Waals surface area (Å²) in [5, 5.41) is 5.15. The summed E-state index contributed by atoms with van der Waals surface area (Å²) in [5.41, 5.74) is 0. The molecule has 54 valence electrons. The van der Waals surface area contributed by atoms with Crippen LogP contribution in [0.15, 0.2) is 5.10 Å². The highest BCUT2D eigenvalue weighted by molar-refractivity contribution is 8.14. The molecule has 2 nitrogen and oxygen atoms in total. The van der Waals surface area contributed by atoms with Crippen LogP contribution in [-0.4, -0.2) is 10.3 Å². The molecule has 0 bridgehead atoms. The van der Waals surface area contributed by atoms with Crippen LogP contribution >= 0.6 is 11.8 Å². The number of hydrogen-bond donors (Lipinski definition) is 1. The molecule has 0 saturated heterocycles. The molecule has 0 aliphatic heterocycles. The summed E-state index contributed by atoms with van der Waals surface area (Å²) in [6.07, 6.45) is 1.16. The van der Waals surface area contributed by atoms with Crippen molar-refractivity contribution >= 4 is 16.8 Å². The number of thioether (sulfide) groups is 1. The first-order valence-corrected chi connectivity index (χ1v) is 3.99. The van der Waals surface area contributed by atoms with E-state index < -0.39 is 0 Å². The van der Waals surface area contributed by atoms with Gasteiger partial charge >= 0.3 is 0 Å². The minimum atomic E-state index is 0.636. The van der Waals surface area contributed by atoms with E-state index >= 15 is 0 Å². The first-order valence-electron chi connectivity index (χ1n) is 3.11. The maximum Gasteiger partial charge on any atom is 0.0900 e. The molecule has 0 amide bonds. The van der Waals surface area contributed by atoms with E-state index in [9.17, 15) is 0 Å². The highest BCUT2D eigenvalue weighted by Crippen LogP contribution is 2.14. The smallest absolute Gasteiger partial charge is 0.0900 e. The standard InChI is InChI=1S/C6H14N2S/c1-4-5(2)9-6(3)8-7/h5H,4,7H2,1-3H3/b8-6-. The van der Waals surface area contributed by atoms with Crippen LogP contribution < -0.4 is 5.84 Å². The third-order valence-electron chi connectivity index (χ3n) is 1.13. The van der Waals surface area contributed by atoms with Crippen molar-refractivity contribution in [2.75, 3.05) is 0 Å². The Hall–Kier alpha value is -0.180. The number of nitrogens with zero attached hydrogens (tertiary/aromatic N) is 1. The second-order valence-corrected chi connectivity index (χ2v) is 3.62. The lowest BCUT2D eigenvalue weighted by molar-refractivity contribution is 0.910. The highest BCUT2D eigenvalue weighted by atomic mass is 32.2. The molecule has 2 N–H and O–H groups in total. The fourth-order valence-electron chi connectivity index (χ4n) is 0.405. The summed E-state index contributed by atoms with van der Waals surface area (Å²) >= 11 is 1.72. The first-order chi connectivity index (χ1) is 4.20. The Labute approximate surface area is 60.9 Å². The summed E-state index contributed by atoms with van der Waals surface area (Å²) in [6, 6.07) is 0. The SMILES string of the molecule is CCC(C)S/C(C)=N\N. The second-order valence-electron chi connectivity index (χ2n) is 1.98. The lowest BCUT2D eigenvalue weighted by atomic mass is 10.4. The molecule has 9 heavy (non-hydrogen) atoms. The maximum atomic E-state index is 5.04. The van der Waals surface area contributed by atoms with Crippen LogP contribution in [0.3, 0.4) is 0 Å². The van der Waals surface area contributed by atoms with Gasteiger partial charge in [0.25, 0.3) is 0 Å². The van der Waals surface area contributed by atoms with Crippen LogP contribution in [0, 0.1) is 0 Å². The molecule has 0 aliphatic rings. The normalized spacial score (nSPS) is 15.7. The molecule has 0 aromatic carbocycles. The minimum Gasteiger partial charge on any atom is -0.323 e.